The Morgan fingerprint density at radius 1 is 1.24 bits per heavy atom. The van der Waals surface area contributed by atoms with Crippen molar-refractivity contribution in [2.45, 2.75) is 6.18 Å². The van der Waals surface area contributed by atoms with E-state index >= 15 is 0 Å². The van der Waals surface area contributed by atoms with Crippen LogP contribution in [0.25, 0.3) is 5.76 Å². The number of hydrogen-bond acceptors (Lipinski definition) is 2. The first-order chi connectivity index (χ1) is 7.71. The smallest absolute Gasteiger partial charge is 0.454 e. The quantitative estimate of drug-likeness (QED) is 0.658. The van der Waals surface area contributed by atoms with E-state index in [0.717, 1.165) is 6.07 Å². The van der Waals surface area contributed by atoms with Crippen molar-refractivity contribution in [3.63, 3.8) is 0 Å². The van der Waals surface area contributed by atoms with Crippen molar-refractivity contribution in [1.29, 1.82) is 0 Å². The second-order valence-electron chi connectivity index (χ2n) is 3.02. The predicted molar refractivity (Wildman–Crippen MR) is 58.1 cm³/mol. The molecule has 0 heterocycles. The van der Waals surface area contributed by atoms with E-state index in [0.29, 0.717) is 0 Å². The lowest BCUT2D eigenvalue weighted by Crippen LogP contribution is -2.20. The Bertz CT molecular complexity index is 481. The predicted octanol–water partition coefficient (Wildman–Crippen LogP) is 4.02. The summed E-state index contributed by atoms with van der Waals surface area (Å²) < 4.78 is 35.7. The summed E-state index contributed by atoms with van der Waals surface area (Å²) in [7, 11) is 0. The topological polar surface area (TPSA) is 37.3 Å². The molecule has 17 heavy (non-hydrogen) atoms. The first-order valence-electron chi connectivity index (χ1n) is 4.19. The number of carbonyl (C=O) groups excluding carboxylic acids is 1. The van der Waals surface area contributed by atoms with E-state index in [-0.39, 0.29) is 21.7 Å². The molecule has 0 aliphatic carbocycles. The van der Waals surface area contributed by atoms with Crippen molar-refractivity contribution in [1.82, 2.24) is 0 Å². The zero-order valence-electron chi connectivity index (χ0n) is 8.05. The maximum absolute atomic E-state index is 11.9. The van der Waals surface area contributed by atoms with E-state index in [1.807, 2.05) is 0 Å². The van der Waals surface area contributed by atoms with Crippen LogP contribution in [0.15, 0.2) is 24.3 Å². The van der Waals surface area contributed by atoms with Crippen LogP contribution < -0.4 is 0 Å². The third kappa shape index (κ3) is 3.64. The normalized spacial score (nSPS) is 12.6. The molecule has 7 heteroatoms. The van der Waals surface area contributed by atoms with Crippen LogP contribution in [0.3, 0.4) is 0 Å². The zero-order valence-corrected chi connectivity index (χ0v) is 9.57. The fraction of sp³-hybridized carbons (Fsp3) is 0.100. The summed E-state index contributed by atoms with van der Waals surface area (Å²) >= 11 is 11.2. The number of benzene rings is 1. The Hall–Kier alpha value is -1.20. The summed E-state index contributed by atoms with van der Waals surface area (Å²) in [5.41, 5.74) is -0.0306. The number of hydrogen-bond donors (Lipinski definition) is 1. The van der Waals surface area contributed by atoms with Gasteiger partial charge in [0.05, 0.1) is 10.0 Å². The third-order valence-corrected chi connectivity index (χ3v) is 2.50. The van der Waals surface area contributed by atoms with E-state index in [2.05, 4.69) is 0 Å². The van der Waals surface area contributed by atoms with Gasteiger partial charge in [-0.1, -0.05) is 23.2 Å². The Morgan fingerprint density at radius 3 is 2.29 bits per heavy atom. The Kier molecular flexibility index (Phi) is 4.06. The van der Waals surface area contributed by atoms with Crippen LogP contribution in [0.5, 0.6) is 0 Å². The highest BCUT2D eigenvalue weighted by Gasteiger charge is 2.37. The second kappa shape index (κ2) is 4.98. The average molecular weight is 285 g/mol. The van der Waals surface area contributed by atoms with Crippen LogP contribution in [0.1, 0.15) is 5.56 Å². The molecule has 0 aliphatic heterocycles. The molecule has 0 atom stereocenters. The monoisotopic (exact) mass is 284 g/mol. The highest BCUT2D eigenvalue weighted by Crippen LogP contribution is 2.26. The van der Waals surface area contributed by atoms with Gasteiger partial charge in [0.1, 0.15) is 5.76 Å². The van der Waals surface area contributed by atoms with Crippen LogP contribution in [0.2, 0.25) is 10.0 Å². The van der Waals surface area contributed by atoms with E-state index in [4.69, 9.17) is 23.2 Å². The highest BCUT2D eigenvalue weighted by molar-refractivity contribution is 6.42. The van der Waals surface area contributed by atoms with E-state index < -0.39 is 17.7 Å². The molecule has 0 radical (unpaired) electrons. The number of aliphatic hydroxyl groups is 1. The van der Waals surface area contributed by atoms with Crippen molar-refractivity contribution in [2.75, 3.05) is 0 Å². The molecular weight excluding hydrogens is 280 g/mol. The molecule has 1 N–H and O–H groups in total. The van der Waals surface area contributed by atoms with Crippen molar-refractivity contribution in [3.8, 4) is 0 Å². The molecule has 0 unspecified atom stereocenters. The lowest BCUT2D eigenvalue weighted by molar-refractivity contribution is -0.165. The summed E-state index contributed by atoms with van der Waals surface area (Å²) in [6.07, 6.45) is -4.94. The van der Waals surface area contributed by atoms with Crippen molar-refractivity contribution < 1.29 is 23.1 Å². The minimum atomic E-state index is -5.02. The Labute approximate surface area is 104 Å². The van der Waals surface area contributed by atoms with Gasteiger partial charge < -0.3 is 5.11 Å². The molecule has 1 rings (SSSR count). The summed E-state index contributed by atoms with van der Waals surface area (Å²) in [4.78, 5) is 10.6. The SMILES string of the molecule is O=C(/C=C(\O)c1ccc(Cl)c(Cl)c1)C(F)(F)F. The van der Waals surface area contributed by atoms with Gasteiger partial charge in [0.2, 0.25) is 0 Å². The first-order valence-corrected chi connectivity index (χ1v) is 4.94. The van der Waals surface area contributed by atoms with Gasteiger partial charge in [-0.3, -0.25) is 4.79 Å². The lowest BCUT2D eigenvalue weighted by atomic mass is 10.1. The van der Waals surface area contributed by atoms with Gasteiger partial charge in [0, 0.05) is 11.6 Å². The highest BCUT2D eigenvalue weighted by atomic mass is 35.5. The molecule has 0 fully saturated rings. The summed E-state index contributed by atoms with van der Waals surface area (Å²) in [5, 5.41) is 9.55. The molecule has 0 aromatic heterocycles. The average Bonchev–Trinajstić information content (AvgIpc) is 2.20. The van der Waals surface area contributed by atoms with Gasteiger partial charge in [0.15, 0.2) is 0 Å². The largest absolute Gasteiger partial charge is 0.507 e. The van der Waals surface area contributed by atoms with Crippen molar-refractivity contribution in [2.24, 2.45) is 0 Å². The van der Waals surface area contributed by atoms with Crippen molar-refractivity contribution in [3.05, 3.63) is 39.9 Å². The first kappa shape index (κ1) is 13.9. The summed E-state index contributed by atoms with van der Waals surface area (Å²) in [6.45, 7) is 0. The molecular formula is C10H5Cl2F3O2. The van der Waals surface area contributed by atoms with Crippen molar-refractivity contribution >= 4 is 34.7 Å². The molecule has 0 saturated carbocycles. The van der Waals surface area contributed by atoms with Gasteiger partial charge >= 0.3 is 6.18 Å². The van der Waals surface area contributed by atoms with E-state index in [9.17, 15) is 23.1 Å². The molecule has 2 nitrogen and oxygen atoms in total. The maximum Gasteiger partial charge on any atom is 0.454 e. The molecule has 0 bridgehead atoms. The number of halogens is 5. The molecule has 0 amide bonds. The maximum atomic E-state index is 11.9. The van der Waals surface area contributed by atoms with Gasteiger partial charge in [-0.05, 0) is 18.2 Å². The Morgan fingerprint density at radius 2 is 1.82 bits per heavy atom. The summed E-state index contributed by atoms with van der Waals surface area (Å²) in [5.74, 6) is -2.98. The summed E-state index contributed by atoms with van der Waals surface area (Å²) in [6, 6.07) is 3.68. The third-order valence-electron chi connectivity index (χ3n) is 1.76. The number of aliphatic hydroxyl groups excluding tert-OH is 1. The van der Waals surface area contributed by atoms with Crippen LogP contribution in [0, 0.1) is 0 Å². The van der Waals surface area contributed by atoms with Gasteiger partial charge in [0.25, 0.3) is 5.78 Å². The van der Waals surface area contributed by atoms with Crippen LogP contribution >= 0.6 is 23.2 Å². The van der Waals surface area contributed by atoms with E-state index in [1.54, 1.807) is 0 Å². The van der Waals surface area contributed by atoms with Gasteiger partial charge in [-0.25, -0.2) is 0 Å². The standard InChI is InChI=1S/C10H5Cl2F3O2/c11-6-2-1-5(3-7(6)12)8(16)4-9(17)10(13,14)15/h1-4,16H/b8-4-. The number of allylic oxidation sites excluding steroid dienone is 1. The van der Waals surface area contributed by atoms with E-state index in [1.165, 1.54) is 12.1 Å². The molecule has 1 aromatic carbocycles. The number of carbonyl (C=O) groups is 1. The number of alkyl halides is 3. The van der Waals surface area contributed by atoms with Crippen LogP contribution in [0.4, 0.5) is 13.2 Å². The minimum Gasteiger partial charge on any atom is -0.507 e. The van der Waals surface area contributed by atoms with Crippen LogP contribution in [-0.4, -0.2) is 17.1 Å². The molecule has 92 valence electrons. The second-order valence-corrected chi connectivity index (χ2v) is 3.83. The lowest BCUT2D eigenvalue weighted by Gasteiger charge is -2.04. The van der Waals surface area contributed by atoms with Gasteiger partial charge in [-0.15, -0.1) is 0 Å². The minimum absolute atomic E-state index is 0.0306. The molecule has 0 spiro atoms. The zero-order chi connectivity index (χ0) is 13.2. The fourth-order valence-corrected chi connectivity index (χ4v) is 1.24. The fourth-order valence-electron chi connectivity index (χ4n) is 0.945. The Balaban J connectivity index is 3.04. The molecule has 0 aliphatic rings. The van der Waals surface area contributed by atoms with Gasteiger partial charge in [-0.2, -0.15) is 13.2 Å². The molecule has 0 saturated heterocycles. The number of rotatable bonds is 2. The number of ketones is 1. The molecule has 1 aromatic rings. The van der Waals surface area contributed by atoms with Crippen LogP contribution in [-0.2, 0) is 4.79 Å².